The molecular weight excluding hydrogens is 362 g/mol. The molecule has 2 aromatic heterocycles. The largest absolute Gasteiger partial charge is 0.282 e. The van der Waals surface area contributed by atoms with Crippen LogP contribution in [0.15, 0.2) is 34.4 Å². The summed E-state index contributed by atoms with van der Waals surface area (Å²) in [6.45, 7) is 2.28. The summed E-state index contributed by atoms with van der Waals surface area (Å²) in [4.78, 5) is 15.1. The lowest BCUT2D eigenvalue weighted by Gasteiger charge is -2.34. The van der Waals surface area contributed by atoms with E-state index in [0.29, 0.717) is 32.8 Å². The molecule has 8 nitrogen and oxygen atoms in total. The smallest absolute Gasteiger partial charge is 0.281 e. The van der Waals surface area contributed by atoms with Crippen molar-refractivity contribution in [1.82, 2.24) is 23.3 Å². The fraction of sp³-hybridized carbons (Fsp3) is 0.467. The first kappa shape index (κ1) is 18.2. The lowest BCUT2D eigenvalue weighted by atomic mass is 10.3. The topological polar surface area (TPSA) is 78.8 Å². The van der Waals surface area contributed by atoms with E-state index < -0.39 is 10.2 Å². The summed E-state index contributed by atoms with van der Waals surface area (Å²) in [6, 6.07) is 7.16. The van der Waals surface area contributed by atoms with Crippen molar-refractivity contribution in [2.24, 2.45) is 0 Å². The molecule has 1 aliphatic rings. The average molecular weight is 383 g/mol. The molecule has 0 saturated carbocycles. The standard InChI is InChI=1S/C15H21N5O3S2/c1-17(2)25(22,23)19-9-7-18(8-10-19)12-20-15(21)6-5-13(16-20)14-4-3-11-24-14/h3-6,11H,7-10,12H2,1-2H3. The van der Waals surface area contributed by atoms with Crippen LogP contribution < -0.4 is 5.56 Å². The Balaban J connectivity index is 1.68. The van der Waals surface area contributed by atoms with Crippen LogP contribution in [-0.4, -0.2) is 72.0 Å². The van der Waals surface area contributed by atoms with Gasteiger partial charge in [0.1, 0.15) is 5.69 Å². The van der Waals surface area contributed by atoms with Crippen molar-refractivity contribution >= 4 is 21.5 Å². The van der Waals surface area contributed by atoms with E-state index in [1.165, 1.54) is 33.5 Å². The Kier molecular flexibility index (Phi) is 5.35. The van der Waals surface area contributed by atoms with Gasteiger partial charge in [0.05, 0.1) is 11.5 Å². The molecule has 0 amide bonds. The zero-order valence-corrected chi connectivity index (χ0v) is 15.8. The van der Waals surface area contributed by atoms with Gasteiger partial charge in [0.2, 0.25) is 0 Å². The zero-order valence-electron chi connectivity index (χ0n) is 14.2. The molecule has 0 aliphatic carbocycles. The monoisotopic (exact) mass is 383 g/mol. The van der Waals surface area contributed by atoms with E-state index in [9.17, 15) is 13.2 Å². The first-order valence-corrected chi connectivity index (χ1v) is 10.2. The van der Waals surface area contributed by atoms with Gasteiger partial charge in [-0.15, -0.1) is 11.3 Å². The van der Waals surface area contributed by atoms with Gasteiger partial charge < -0.3 is 0 Å². The van der Waals surface area contributed by atoms with Crippen LogP contribution in [-0.2, 0) is 16.9 Å². The van der Waals surface area contributed by atoms with Crippen LogP contribution in [0, 0.1) is 0 Å². The summed E-state index contributed by atoms with van der Waals surface area (Å²) in [5.74, 6) is 0. The SMILES string of the molecule is CN(C)S(=O)(=O)N1CCN(Cn2nc(-c3cccs3)ccc2=O)CC1. The third-order valence-corrected chi connectivity index (χ3v) is 6.93. The van der Waals surface area contributed by atoms with Gasteiger partial charge in [0.25, 0.3) is 15.8 Å². The molecule has 1 saturated heterocycles. The van der Waals surface area contributed by atoms with E-state index in [0.717, 1.165) is 10.6 Å². The Morgan fingerprint density at radius 3 is 2.48 bits per heavy atom. The average Bonchev–Trinajstić information content (AvgIpc) is 3.12. The molecule has 25 heavy (non-hydrogen) atoms. The number of nitrogens with zero attached hydrogens (tertiary/aromatic N) is 5. The minimum atomic E-state index is -3.38. The second-order valence-electron chi connectivity index (χ2n) is 5.98. The van der Waals surface area contributed by atoms with Crippen LogP contribution in [0.2, 0.25) is 0 Å². The molecule has 10 heteroatoms. The fourth-order valence-corrected chi connectivity index (χ4v) is 4.41. The van der Waals surface area contributed by atoms with Crippen molar-refractivity contribution < 1.29 is 8.42 Å². The van der Waals surface area contributed by atoms with E-state index in [4.69, 9.17) is 0 Å². The highest BCUT2D eigenvalue weighted by molar-refractivity contribution is 7.86. The van der Waals surface area contributed by atoms with E-state index >= 15 is 0 Å². The predicted octanol–water partition coefficient (Wildman–Crippen LogP) is 0.353. The summed E-state index contributed by atoms with van der Waals surface area (Å²) in [5, 5.41) is 6.41. The molecule has 0 atom stereocenters. The van der Waals surface area contributed by atoms with Crippen LogP contribution in [0.4, 0.5) is 0 Å². The normalized spacial score (nSPS) is 17.2. The molecule has 0 unspecified atom stereocenters. The number of rotatable bonds is 5. The van der Waals surface area contributed by atoms with Gasteiger partial charge in [-0.25, -0.2) is 4.68 Å². The third-order valence-electron chi connectivity index (χ3n) is 4.09. The lowest BCUT2D eigenvalue weighted by Crippen LogP contribution is -2.52. The van der Waals surface area contributed by atoms with Crippen LogP contribution in [0.1, 0.15) is 0 Å². The number of hydrogen-bond acceptors (Lipinski definition) is 6. The molecule has 0 radical (unpaired) electrons. The number of piperazine rings is 1. The quantitative estimate of drug-likeness (QED) is 0.745. The molecular formula is C15H21N5O3S2. The van der Waals surface area contributed by atoms with Gasteiger partial charge in [-0.1, -0.05) is 6.07 Å². The van der Waals surface area contributed by atoms with Gasteiger partial charge >= 0.3 is 0 Å². The number of thiophene rings is 1. The highest BCUT2D eigenvalue weighted by Gasteiger charge is 2.28. The molecule has 0 spiro atoms. The molecule has 2 aromatic rings. The Morgan fingerprint density at radius 1 is 1.16 bits per heavy atom. The first-order chi connectivity index (χ1) is 11.9. The minimum absolute atomic E-state index is 0.163. The predicted molar refractivity (Wildman–Crippen MR) is 97.6 cm³/mol. The van der Waals surface area contributed by atoms with Gasteiger partial charge in [0, 0.05) is 46.3 Å². The molecule has 0 bridgehead atoms. The van der Waals surface area contributed by atoms with Gasteiger partial charge in [-0.05, 0) is 17.5 Å². The fourth-order valence-electron chi connectivity index (χ4n) is 2.63. The van der Waals surface area contributed by atoms with Crippen molar-refractivity contribution in [3.05, 3.63) is 40.0 Å². The maximum atomic E-state index is 12.1. The second kappa shape index (κ2) is 7.34. The Labute approximate surface area is 151 Å². The van der Waals surface area contributed by atoms with Crippen LogP contribution in [0.25, 0.3) is 10.6 Å². The van der Waals surface area contributed by atoms with Crippen molar-refractivity contribution in [2.45, 2.75) is 6.67 Å². The molecule has 136 valence electrons. The van der Waals surface area contributed by atoms with E-state index in [1.807, 2.05) is 22.4 Å². The van der Waals surface area contributed by atoms with Crippen molar-refractivity contribution in [1.29, 1.82) is 0 Å². The van der Waals surface area contributed by atoms with Crippen LogP contribution >= 0.6 is 11.3 Å². The Morgan fingerprint density at radius 2 is 1.88 bits per heavy atom. The molecule has 1 aliphatic heterocycles. The second-order valence-corrected chi connectivity index (χ2v) is 9.07. The highest BCUT2D eigenvalue weighted by atomic mass is 32.2. The van der Waals surface area contributed by atoms with E-state index in [1.54, 1.807) is 17.4 Å². The minimum Gasteiger partial charge on any atom is -0.282 e. The summed E-state index contributed by atoms with van der Waals surface area (Å²) >= 11 is 1.57. The van der Waals surface area contributed by atoms with E-state index in [-0.39, 0.29) is 5.56 Å². The summed E-state index contributed by atoms with van der Waals surface area (Å²) in [6.07, 6.45) is 0. The van der Waals surface area contributed by atoms with Crippen LogP contribution in [0.5, 0.6) is 0 Å². The zero-order chi connectivity index (χ0) is 18.0. The maximum absolute atomic E-state index is 12.1. The Bertz CT molecular complexity index is 869. The van der Waals surface area contributed by atoms with Gasteiger partial charge in [0.15, 0.2) is 0 Å². The van der Waals surface area contributed by atoms with Crippen molar-refractivity contribution in [3.63, 3.8) is 0 Å². The first-order valence-electron chi connectivity index (χ1n) is 7.90. The van der Waals surface area contributed by atoms with Gasteiger partial charge in [-0.2, -0.15) is 22.1 Å². The van der Waals surface area contributed by atoms with Crippen LogP contribution in [0.3, 0.4) is 0 Å². The molecule has 0 aromatic carbocycles. The molecule has 3 rings (SSSR count). The van der Waals surface area contributed by atoms with Crippen molar-refractivity contribution in [2.75, 3.05) is 40.3 Å². The summed E-state index contributed by atoms with van der Waals surface area (Å²) < 4.78 is 28.4. The molecule has 3 heterocycles. The molecule has 0 N–H and O–H groups in total. The van der Waals surface area contributed by atoms with Crippen molar-refractivity contribution in [3.8, 4) is 10.6 Å². The maximum Gasteiger partial charge on any atom is 0.281 e. The van der Waals surface area contributed by atoms with E-state index in [2.05, 4.69) is 5.10 Å². The Hall–Kier alpha value is -1.59. The lowest BCUT2D eigenvalue weighted by molar-refractivity contribution is 0.140. The number of hydrogen-bond donors (Lipinski definition) is 0. The third kappa shape index (κ3) is 3.98. The number of aromatic nitrogens is 2. The molecule has 1 fully saturated rings. The highest BCUT2D eigenvalue weighted by Crippen LogP contribution is 2.21. The van der Waals surface area contributed by atoms with Gasteiger partial charge in [-0.3, -0.25) is 9.69 Å². The summed E-state index contributed by atoms with van der Waals surface area (Å²) in [7, 11) is -0.325. The summed E-state index contributed by atoms with van der Waals surface area (Å²) in [5.41, 5.74) is 0.604.